The first-order valence-corrected chi connectivity index (χ1v) is 10.5. The van der Waals surface area contributed by atoms with Crippen molar-refractivity contribution in [1.29, 1.82) is 0 Å². The van der Waals surface area contributed by atoms with Gasteiger partial charge in [0, 0.05) is 24.4 Å². The van der Waals surface area contributed by atoms with Gasteiger partial charge in [-0.25, -0.2) is 0 Å². The Morgan fingerprint density at radius 1 is 1.08 bits per heavy atom. The smallest absolute Gasteiger partial charge is 0.139 e. The number of ketones is 1. The van der Waals surface area contributed by atoms with Gasteiger partial charge in [0.2, 0.25) is 0 Å². The van der Waals surface area contributed by atoms with Gasteiger partial charge < -0.3 is 9.84 Å². The highest BCUT2D eigenvalue weighted by Gasteiger charge is 2.63. The molecule has 0 saturated heterocycles. The maximum atomic E-state index is 12.6. The molecule has 3 heteroatoms. The number of Topliss-reactive ketones (excluding diaryl/α,β-unsaturated/α-hetero) is 1. The molecular formula is C22H36O3. The Morgan fingerprint density at radius 2 is 1.84 bits per heavy atom. The molecule has 1 unspecified atom stereocenters. The van der Waals surface area contributed by atoms with Crippen LogP contribution in [-0.4, -0.2) is 29.7 Å². The number of carbonyl (C=O) groups excluding carboxylic acids is 1. The van der Waals surface area contributed by atoms with Crippen molar-refractivity contribution < 1.29 is 14.6 Å². The molecule has 4 rings (SSSR count). The molecule has 0 aliphatic heterocycles. The third-order valence-corrected chi connectivity index (χ3v) is 9.34. The highest BCUT2D eigenvalue weighted by atomic mass is 16.5. The normalized spacial score (nSPS) is 53.7. The van der Waals surface area contributed by atoms with Crippen molar-refractivity contribution >= 4 is 5.78 Å². The van der Waals surface area contributed by atoms with Crippen LogP contribution in [0.25, 0.3) is 0 Å². The summed E-state index contributed by atoms with van der Waals surface area (Å²) in [4.78, 5) is 12.6. The van der Waals surface area contributed by atoms with Crippen LogP contribution in [0.2, 0.25) is 0 Å². The standard InChI is InChI=1S/C22H36O3/c1-14(25-4)22-12-11-20(2,24)13-15(22)5-6-16-17-7-8-19(23)21(17,3)10-9-18(16)22/h14-18,24H,5-13H2,1-4H3/t14?,15-,16+,17+,18+,20-,21+,22-/m1/s1. The molecule has 1 N–H and O–H groups in total. The van der Waals surface area contributed by atoms with Gasteiger partial charge in [-0.3, -0.25) is 4.79 Å². The van der Waals surface area contributed by atoms with Gasteiger partial charge in [-0.1, -0.05) is 6.92 Å². The van der Waals surface area contributed by atoms with Crippen LogP contribution in [0, 0.1) is 34.5 Å². The third kappa shape index (κ3) is 2.41. The van der Waals surface area contributed by atoms with Crippen LogP contribution >= 0.6 is 0 Å². The molecule has 0 bridgehead atoms. The molecule has 4 aliphatic carbocycles. The van der Waals surface area contributed by atoms with Crippen LogP contribution in [-0.2, 0) is 9.53 Å². The Hall–Kier alpha value is -0.410. The lowest BCUT2D eigenvalue weighted by molar-refractivity contribution is -0.196. The van der Waals surface area contributed by atoms with Crippen molar-refractivity contribution in [1.82, 2.24) is 0 Å². The zero-order valence-corrected chi connectivity index (χ0v) is 16.5. The monoisotopic (exact) mass is 348 g/mol. The molecule has 0 aromatic heterocycles. The van der Waals surface area contributed by atoms with Gasteiger partial charge >= 0.3 is 0 Å². The zero-order valence-electron chi connectivity index (χ0n) is 16.5. The van der Waals surface area contributed by atoms with Gasteiger partial charge in [0.05, 0.1) is 11.7 Å². The Balaban J connectivity index is 1.71. The minimum atomic E-state index is -0.513. The molecule has 0 aromatic carbocycles. The molecule has 4 saturated carbocycles. The second-order valence-corrected chi connectivity index (χ2v) is 10.3. The zero-order chi connectivity index (χ0) is 18.0. The first-order chi connectivity index (χ1) is 11.7. The van der Waals surface area contributed by atoms with E-state index in [-0.39, 0.29) is 16.9 Å². The lowest BCUT2D eigenvalue weighted by atomic mass is 9.42. The average molecular weight is 349 g/mol. The number of fused-ring (bicyclic) bond motifs is 5. The van der Waals surface area contributed by atoms with Crippen molar-refractivity contribution in [3.63, 3.8) is 0 Å². The van der Waals surface area contributed by atoms with Gasteiger partial charge in [0.25, 0.3) is 0 Å². The molecular weight excluding hydrogens is 312 g/mol. The fourth-order valence-corrected chi connectivity index (χ4v) is 7.95. The molecule has 4 fully saturated rings. The van der Waals surface area contributed by atoms with E-state index in [1.165, 1.54) is 19.3 Å². The Bertz CT molecular complexity index is 555. The predicted octanol–water partition coefficient (Wildman–Crippen LogP) is 4.36. The molecule has 0 radical (unpaired) electrons. The largest absolute Gasteiger partial charge is 0.390 e. The maximum Gasteiger partial charge on any atom is 0.139 e. The fraction of sp³-hybridized carbons (Fsp3) is 0.955. The second-order valence-electron chi connectivity index (χ2n) is 10.3. The van der Waals surface area contributed by atoms with Crippen molar-refractivity contribution in [2.24, 2.45) is 34.5 Å². The van der Waals surface area contributed by atoms with Gasteiger partial charge in [0.15, 0.2) is 0 Å². The third-order valence-electron chi connectivity index (χ3n) is 9.34. The first kappa shape index (κ1) is 18.0. The van der Waals surface area contributed by atoms with Gasteiger partial charge in [-0.05, 0) is 88.9 Å². The summed E-state index contributed by atoms with van der Waals surface area (Å²) in [5, 5.41) is 10.7. The molecule has 3 nitrogen and oxygen atoms in total. The number of carbonyl (C=O) groups is 1. The summed E-state index contributed by atoms with van der Waals surface area (Å²) in [6.45, 7) is 6.55. The van der Waals surface area contributed by atoms with E-state index >= 15 is 0 Å². The van der Waals surface area contributed by atoms with Crippen LogP contribution < -0.4 is 0 Å². The number of hydrogen-bond acceptors (Lipinski definition) is 3. The van der Waals surface area contributed by atoms with Crippen molar-refractivity contribution in [2.45, 2.75) is 90.3 Å². The van der Waals surface area contributed by atoms with Crippen LogP contribution in [0.15, 0.2) is 0 Å². The number of rotatable bonds is 2. The SMILES string of the molecule is COC(C)[C@]12CC[C@@](C)(O)C[C@H]1CC[C@@H]1[C@@H]2CC[C@]2(C)C(=O)CC[C@@H]12. The minimum Gasteiger partial charge on any atom is -0.390 e. The highest BCUT2D eigenvalue weighted by molar-refractivity contribution is 5.87. The minimum absolute atomic E-state index is 0.0499. The van der Waals surface area contributed by atoms with E-state index in [0.29, 0.717) is 29.5 Å². The fourth-order valence-electron chi connectivity index (χ4n) is 7.95. The van der Waals surface area contributed by atoms with Crippen LogP contribution in [0.4, 0.5) is 0 Å². The quantitative estimate of drug-likeness (QED) is 0.806. The predicted molar refractivity (Wildman–Crippen MR) is 98.2 cm³/mol. The molecule has 0 amide bonds. The van der Waals surface area contributed by atoms with E-state index < -0.39 is 5.60 Å². The van der Waals surface area contributed by atoms with Gasteiger partial charge in [-0.15, -0.1) is 0 Å². The summed E-state index contributed by atoms with van der Waals surface area (Å²) in [6.07, 6.45) is 9.73. The summed E-state index contributed by atoms with van der Waals surface area (Å²) in [5.41, 5.74) is -0.362. The Labute approximate surface area is 152 Å². The summed E-state index contributed by atoms with van der Waals surface area (Å²) in [5.74, 6) is 3.03. The molecule has 0 aromatic rings. The van der Waals surface area contributed by atoms with Crippen molar-refractivity contribution in [3.05, 3.63) is 0 Å². The van der Waals surface area contributed by atoms with Crippen molar-refractivity contribution in [2.75, 3.05) is 7.11 Å². The molecule has 0 heterocycles. The summed E-state index contributed by atoms with van der Waals surface area (Å²) >= 11 is 0. The van der Waals surface area contributed by atoms with E-state index in [4.69, 9.17) is 4.74 Å². The molecule has 142 valence electrons. The van der Waals surface area contributed by atoms with Gasteiger partial charge in [-0.2, -0.15) is 0 Å². The second kappa shape index (κ2) is 5.79. The number of ether oxygens (including phenoxy) is 1. The first-order valence-electron chi connectivity index (χ1n) is 10.5. The van der Waals surface area contributed by atoms with E-state index in [2.05, 4.69) is 13.8 Å². The number of methoxy groups -OCH3 is 1. The van der Waals surface area contributed by atoms with Crippen molar-refractivity contribution in [3.8, 4) is 0 Å². The Kier molecular flexibility index (Phi) is 4.16. The molecule has 25 heavy (non-hydrogen) atoms. The molecule has 4 aliphatic rings. The van der Waals surface area contributed by atoms with Crippen LogP contribution in [0.3, 0.4) is 0 Å². The van der Waals surface area contributed by atoms with E-state index in [0.717, 1.165) is 38.5 Å². The van der Waals surface area contributed by atoms with Crippen LogP contribution in [0.1, 0.15) is 78.6 Å². The van der Waals surface area contributed by atoms with E-state index in [1.807, 2.05) is 14.0 Å². The number of hydrogen-bond donors (Lipinski definition) is 1. The lowest BCUT2D eigenvalue weighted by Gasteiger charge is -2.63. The van der Waals surface area contributed by atoms with Crippen LogP contribution in [0.5, 0.6) is 0 Å². The topological polar surface area (TPSA) is 46.5 Å². The Morgan fingerprint density at radius 3 is 2.56 bits per heavy atom. The maximum absolute atomic E-state index is 12.6. The molecule has 8 atom stereocenters. The van der Waals surface area contributed by atoms with E-state index in [1.54, 1.807) is 0 Å². The summed E-state index contributed by atoms with van der Waals surface area (Å²) in [6, 6.07) is 0. The highest BCUT2D eigenvalue weighted by Crippen LogP contribution is 2.67. The lowest BCUT2D eigenvalue weighted by Crippen LogP contribution is -2.60. The molecule has 0 spiro atoms. The van der Waals surface area contributed by atoms with E-state index in [9.17, 15) is 9.90 Å². The number of aliphatic hydroxyl groups is 1. The summed E-state index contributed by atoms with van der Waals surface area (Å²) < 4.78 is 5.98. The average Bonchev–Trinajstić information content (AvgIpc) is 2.88. The van der Waals surface area contributed by atoms with Gasteiger partial charge in [0.1, 0.15) is 5.78 Å². The summed E-state index contributed by atoms with van der Waals surface area (Å²) in [7, 11) is 1.86.